The number of rotatable bonds is 7. The summed E-state index contributed by atoms with van der Waals surface area (Å²) >= 11 is 0. The molecule has 2 heterocycles. The number of esters is 1. The minimum absolute atomic E-state index is 0.0280. The number of aliphatic hydroxyl groups excluding tert-OH is 3. The fourth-order valence-corrected chi connectivity index (χ4v) is 3.99. The largest absolute Gasteiger partial charge is 0.504 e. The van der Waals surface area contributed by atoms with Crippen LogP contribution in [0.1, 0.15) is 20.3 Å². The average Bonchev–Trinajstić information content (AvgIpc) is 2.93. The molecule has 0 aliphatic carbocycles. The van der Waals surface area contributed by atoms with Crippen molar-refractivity contribution in [3.8, 4) is 45.8 Å². The number of carbonyl (C=O) groups excluding carboxylic acids is 1. The summed E-state index contributed by atoms with van der Waals surface area (Å²) in [4.78, 5) is 24.8. The van der Waals surface area contributed by atoms with E-state index in [0.29, 0.717) is 6.42 Å². The van der Waals surface area contributed by atoms with Gasteiger partial charge in [0.1, 0.15) is 42.0 Å². The second-order valence-corrected chi connectivity index (χ2v) is 9.33. The number of fused-ring (bicyclic) bond motifs is 1. The van der Waals surface area contributed by atoms with E-state index in [1.807, 2.05) is 0 Å². The summed E-state index contributed by atoms with van der Waals surface area (Å²) in [6.45, 7) is 2.90. The number of phenols is 4. The maximum Gasteiger partial charge on any atom is 0.308 e. The van der Waals surface area contributed by atoms with Gasteiger partial charge in [0, 0.05) is 11.6 Å². The number of aromatic hydroxyl groups is 5. The summed E-state index contributed by atoms with van der Waals surface area (Å²) in [6.07, 6.45) is -8.01. The van der Waals surface area contributed by atoms with Crippen LogP contribution in [-0.2, 0) is 14.3 Å². The zero-order valence-electron chi connectivity index (χ0n) is 21.2. The number of benzene rings is 2. The molecule has 1 fully saturated rings. The Balaban J connectivity index is 1.69. The number of hydrogen-bond acceptors (Lipinski definition) is 14. The summed E-state index contributed by atoms with van der Waals surface area (Å²) < 4.78 is 21.6. The van der Waals surface area contributed by atoms with E-state index < -0.39 is 106 Å². The van der Waals surface area contributed by atoms with Gasteiger partial charge in [-0.1, -0.05) is 13.8 Å². The van der Waals surface area contributed by atoms with Crippen LogP contribution in [0.25, 0.3) is 22.3 Å². The molecule has 8 N–H and O–H groups in total. The zero-order valence-corrected chi connectivity index (χ0v) is 21.2. The molecule has 1 saturated heterocycles. The maximum atomic E-state index is 12.8. The van der Waals surface area contributed by atoms with Crippen molar-refractivity contribution < 1.29 is 64.3 Å². The van der Waals surface area contributed by atoms with Crippen LogP contribution in [0.5, 0.6) is 34.5 Å². The van der Waals surface area contributed by atoms with E-state index in [4.69, 9.17) is 18.6 Å². The van der Waals surface area contributed by atoms with E-state index in [-0.39, 0.29) is 5.56 Å². The zero-order chi connectivity index (χ0) is 29.5. The Morgan fingerprint density at radius 2 is 1.65 bits per heavy atom. The van der Waals surface area contributed by atoms with E-state index in [0.717, 1.165) is 18.2 Å². The van der Waals surface area contributed by atoms with Crippen molar-refractivity contribution in [2.24, 2.45) is 5.92 Å². The lowest BCUT2D eigenvalue weighted by Gasteiger charge is -2.40. The van der Waals surface area contributed by atoms with Gasteiger partial charge in [0.05, 0.1) is 5.92 Å². The molecule has 14 nitrogen and oxygen atoms in total. The first kappa shape index (κ1) is 28.8. The van der Waals surface area contributed by atoms with Gasteiger partial charge in [-0.2, -0.15) is 0 Å². The highest BCUT2D eigenvalue weighted by Gasteiger charge is 2.46. The molecule has 0 amide bonds. The van der Waals surface area contributed by atoms with E-state index in [2.05, 4.69) is 0 Å². The molecule has 0 spiro atoms. The van der Waals surface area contributed by atoms with E-state index in [1.165, 1.54) is 6.07 Å². The maximum absolute atomic E-state index is 12.8. The highest BCUT2D eigenvalue weighted by atomic mass is 16.7. The Hall–Kier alpha value is -4.24. The summed E-state index contributed by atoms with van der Waals surface area (Å²) in [5.41, 5.74) is -1.60. The van der Waals surface area contributed by atoms with Crippen molar-refractivity contribution in [2.75, 3.05) is 6.61 Å². The normalized spacial score (nSPS) is 23.6. The summed E-state index contributed by atoms with van der Waals surface area (Å²) in [6, 6.07) is 4.24. The third kappa shape index (κ3) is 5.16. The number of aliphatic hydroxyl groups is 3. The van der Waals surface area contributed by atoms with Crippen molar-refractivity contribution in [3.05, 3.63) is 34.5 Å². The molecule has 1 aliphatic heterocycles. The number of hydrogen-bond donors (Lipinski definition) is 8. The second kappa shape index (κ2) is 11.1. The Labute approximate surface area is 225 Å². The summed E-state index contributed by atoms with van der Waals surface area (Å²) in [5, 5.41) is 81.2. The highest BCUT2D eigenvalue weighted by molar-refractivity contribution is 5.91. The van der Waals surface area contributed by atoms with Crippen molar-refractivity contribution in [1.29, 1.82) is 0 Å². The molecular formula is C26H28O14. The molecule has 2 aromatic carbocycles. The van der Waals surface area contributed by atoms with Gasteiger partial charge in [-0.25, -0.2) is 0 Å². The van der Waals surface area contributed by atoms with Gasteiger partial charge in [0.2, 0.25) is 23.2 Å². The van der Waals surface area contributed by atoms with Crippen molar-refractivity contribution in [1.82, 2.24) is 0 Å². The van der Waals surface area contributed by atoms with Crippen molar-refractivity contribution >= 4 is 16.9 Å². The smallest absolute Gasteiger partial charge is 0.308 e. The number of carbonyl (C=O) groups is 1. The molecule has 1 aromatic heterocycles. The second-order valence-electron chi connectivity index (χ2n) is 9.33. The Bertz CT molecular complexity index is 1480. The Morgan fingerprint density at radius 1 is 0.950 bits per heavy atom. The summed E-state index contributed by atoms with van der Waals surface area (Å²) in [5.74, 6) is -6.16. The van der Waals surface area contributed by atoms with Crippen LogP contribution < -0.4 is 10.2 Å². The quantitative estimate of drug-likeness (QED) is 0.146. The molecule has 14 heteroatoms. The molecule has 40 heavy (non-hydrogen) atoms. The predicted molar refractivity (Wildman–Crippen MR) is 134 cm³/mol. The summed E-state index contributed by atoms with van der Waals surface area (Å²) in [7, 11) is 0. The van der Waals surface area contributed by atoms with Crippen molar-refractivity contribution in [2.45, 2.75) is 51.0 Å². The van der Waals surface area contributed by atoms with E-state index in [9.17, 15) is 50.4 Å². The van der Waals surface area contributed by atoms with Crippen LogP contribution in [0.4, 0.5) is 0 Å². The van der Waals surface area contributed by atoms with Crippen molar-refractivity contribution in [3.63, 3.8) is 0 Å². The third-order valence-corrected chi connectivity index (χ3v) is 6.63. The Kier molecular flexibility index (Phi) is 7.98. The first-order chi connectivity index (χ1) is 18.8. The average molecular weight is 564 g/mol. The van der Waals surface area contributed by atoms with Crippen LogP contribution >= 0.6 is 0 Å². The lowest BCUT2D eigenvalue weighted by molar-refractivity contribution is -0.279. The monoisotopic (exact) mass is 564 g/mol. The minimum atomic E-state index is -1.88. The number of ether oxygens (including phenoxy) is 3. The van der Waals surface area contributed by atoms with Gasteiger partial charge in [-0.05, 0) is 24.6 Å². The van der Waals surface area contributed by atoms with Crippen LogP contribution in [0.3, 0.4) is 0 Å². The molecule has 0 bridgehead atoms. The molecule has 4 rings (SSSR count). The van der Waals surface area contributed by atoms with Gasteiger partial charge in [0.15, 0.2) is 28.8 Å². The van der Waals surface area contributed by atoms with Crippen LogP contribution in [-0.4, -0.2) is 84.1 Å². The lowest BCUT2D eigenvalue weighted by Crippen LogP contribution is -2.60. The Morgan fingerprint density at radius 3 is 2.30 bits per heavy atom. The van der Waals surface area contributed by atoms with Crippen LogP contribution in [0.15, 0.2) is 33.5 Å². The first-order valence-corrected chi connectivity index (χ1v) is 12.2. The number of phenolic OH excluding ortho intramolecular Hbond substituents is 4. The van der Waals surface area contributed by atoms with Gasteiger partial charge < -0.3 is 59.5 Å². The molecular weight excluding hydrogens is 536 g/mol. The fourth-order valence-electron chi connectivity index (χ4n) is 3.99. The molecule has 1 aliphatic rings. The molecule has 0 radical (unpaired) electrons. The third-order valence-electron chi connectivity index (χ3n) is 6.63. The van der Waals surface area contributed by atoms with Crippen LogP contribution in [0.2, 0.25) is 0 Å². The minimum Gasteiger partial charge on any atom is -0.504 e. The topological polar surface area (TPSA) is 237 Å². The standard InChI is InChI=1S/C26H28O14/c1-3-9(2)25(36)37-8-15-18(30)21(33)23(35)26(40-15)39-14-7-13-16(19(31)17(14)29)20(32)22(34)24(38-13)10-4-5-11(27)12(28)6-10/h4-7,9,15,18,21,23,26-31,33-35H,3,8H2,1-2H3. The van der Waals surface area contributed by atoms with E-state index in [1.54, 1.807) is 13.8 Å². The van der Waals surface area contributed by atoms with E-state index >= 15 is 0 Å². The SMILES string of the molecule is CCC(C)C(=O)OCC1OC(Oc2cc3oc(-c4ccc(O)c(O)c4)c(O)c(=O)c3c(O)c2O)C(O)C(O)C1O. The molecule has 0 saturated carbocycles. The van der Waals surface area contributed by atoms with Crippen LogP contribution in [0, 0.1) is 5.92 Å². The lowest BCUT2D eigenvalue weighted by atomic mass is 9.99. The molecule has 6 atom stereocenters. The van der Waals surface area contributed by atoms with Gasteiger partial charge in [0.25, 0.3) is 0 Å². The van der Waals surface area contributed by atoms with Gasteiger partial charge >= 0.3 is 5.97 Å². The fraction of sp³-hybridized carbons (Fsp3) is 0.385. The predicted octanol–water partition coefficient (Wildman–Crippen LogP) is 0.764. The first-order valence-electron chi connectivity index (χ1n) is 12.2. The van der Waals surface area contributed by atoms with Gasteiger partial charge in [-0.15, -0.1) is 0 Å². The van der Waals surface area contributed by atoms with Gasteiger partial charge in [-0.3, -0.25) is 9.59 Å². The highest BCUT2D eigenvalue weighted by Crippen LogP contribution is 2.44. The molecule has 3 aromatic rings. The molecule has 216 valence electrons. The molecule has 6 unspecified atom stereocenters.